The van der Waals surface area contributed by atoms with Crippen molar-refractivity contribution in [1.82, 2.24) is 9.55 Å². The van der Waals surface area contributed by atoms with Gasteiger partial charge in [-0.1, -0.05) is 24.3 Å². The van der Waals surface area contributed by atoms with Gasteiger partial charge in [0.05, 0.1) is 17.8 Å². The Morgan fingerprint density at radius 1 is 1.07 bits per heavy atom. The van der Waals surface area contributed by atoms with Crippen molar-refractivity contribution in [3.8, 4) is 5.75 Å². The summed E-state index contributed by atoms with van der Waals surface area (Å²) >= 11 is 0. The van der Waals surface area contributed by atoms with Crippen LogP contribution in [-0.4, -0.2) is 22.1 Å². The second-order valence-corrected chi connectivity index (χ2v) is 6.66. The number of hydrogen-bond donors (Lipinski definition) is 0. The maximum atomic E-state index is 12.0. The van der Waals surface area contributed by atoms with Gasteiger partial charge in [0.25, 0.3) is 0 Å². The van der Waals surface area contributed by atoms with Gasteiger partial charge in [-0.2, -0.15) is 0 Å². The molecule has 4 aromatic rings. The summed E-state index contributed by atoms with van der Waals surface area (Å²) in [6, 6.07) is 19.5. The Balaban J connectivity index is 1.51. The molecule has 0 bridgehead atoms. The molecule has 0 aliphatic rings. The highest BCUT2D eigenvalue weighted by molar-refractivity contribution is 5.84. The fourth-order valence-electron chi connectivity index (χ4n) is 3.29. The summed E-state index contributed by atoms with van der Waals surface area (Å²) in [5, 5.41) is 2.13. The molecule has 0 spiro atoms. The predicted molar refractivity (Wildman–Crippen MR) is 109 cm³/mol. The number of carbonyl (C=O) groups excluding carboxylic acids is 1. The van der Waals surface area contributed by atoms with E-state index in [0.717, 1.165) is 33.2 Å². The first-order chi connectivity index (χ1) is 13.7. The molecule has 28 heavy (non-hydrogen) atoms. The molecule has 2 aromatic carbocycles. The van der Waals surface area contributed by atoms with E-state index in [1.807, 2.05) is 79.2 Å². The maximum absolute atomic E-state index is 12.0. The van der Waals surface area contributed by atoms with Gasteiger partial charge >= 0.3 is 5.97 Å². The summed E-state index contributed by atoms with van der Waals surface area (Å²) in [6.45, 7) is 4.43. The third-order valence-corrected chi connectivity index (χ3v) is 4.78. The van der Waals surface area contributed by atoms with Gasteiger partial charge in [-0.25, -0.2) is 9.78 Å². The van der Waals surface area contributed by atoms with Crippen molar-refractivity contribution in [2.75, 3.05) is 6.61 Å². The van der Waals surface area contributed by atoms with Gasteiger partial charge < -0.3 is 14.0 Å². The number of pyridine rings is 1. The van der Waals surface area contributed by atoms with Crippen LogP contribution in [0.1, 0.15) is 25.6 Å². The van der Waals surface area contributed by atoms with Crippen LogP contribution in [0.5, 0.6) is 5.75 Å². The molecule has 0 radical (unpaired) electrons. The van der Waals surface area contributed by atoms with Crippen LogP contribution in [0.3, 0.4) is 0 Å². The summed E-state index contributed by atoms with van der Waals surface area (Å²) in [6.07, 6.45) is 1.90. The Morgan fingerprint density at radius 3 is 2.79 bits per heavy atom. The van der Waals surface area contributed by atoms with E-state index in [-0.39, 0.29) is 12.0 Å². The number of aromatic nitrogens is 2. The van der Waals surface area contributed by atoms with E-state index in [4.69, 9.17) is 9.47 Å². The zero-order valence-corrected chi connectivity index (χ0v) is 16.0. The third kappa shape index (κ3) is 3.56. The average Bonchev–Trinajstić information content (AvgIpc) is 3.15. The number of nitrogens with zero attached hydrogens (tertiary/aromatic N) is 2. The highest BCUT2D eigenvalue weighted by Crippen LogP contribution is 2.26. The zero-order chi connectivity index (χ0) is 19.5. The van der Waals surface area contributed by atoms with E-state index in [0.29, 0.717) is 13.2 Å². The van der Waals surface area contributed by atoms with Gasteiger partial charge in [-0.3, -0.25) is 0 Å². The van der Waals surface area contributed by atoms with E-state index < -0.39 is 0 Å². The van der Waals surface area contributed by atoms with Crippen molar-refractivity contribution in [2.45, 2.75) is 26.5 Å². The minimum Gasteiger partial charge on any atom is -0.487 e. The normalized spacial score (nSPS) is 12.2. The van der Waals surface area contributed by atoms with Crippen LogP contribution in [0.2, 0.25) is 0 Å². The number of para-hydroxylation sites is 1. The van der Waals surface area contributed by atoms with Gasteiger partial charge in [0.1, 0.15) is 18.4 Å². The van der Waals surface area contributed by atoms with Crippen LogP contribution in [0.15, 0.2) is 66.9 Å². The van der Waals surface area contributed by atoms with Crippen molar-refractivity contribution in [2.24, 2.45) is 0 Å². The van der Waals surface area contributed by atoms with Crippen LogP contribution in [0.4, 0.5) is 0 Å². The summed E-state index contributed by atoms with van der Waals surface area (Å²) in [5.74, 6) is 0.534. The molecule has 0 N–H and O–H groups in total. The molecular weight excluding hydrogens is 352 g/mol. The first kappa shape index (κ1) is 18.0. The minimum atomic E-state index is -0.369. The average molecular weight is 374 g/mol. The molecule has 0 aliphatic heterocycles. The molecule has 1 atom stereocenters. The monoisotopic (exact) mass is 374 g/mol. The Labute approximate surface area is 163 Å². The molecule has 2 aromatic heterocycles. The molecule has 0 saturated heterocycles. The number of benzene rings is 2. The lowest BCUT2D eigenvalue weighted by Gasteiger charge is -2.14. The molecule has 0 aliphatic carbocycles. The van der Waals surface area contributed by atoms with Crippen LogP contribution in [0, 0.1) is 0 Å². The Kier molecular flexibility index (Phi) is 4.98. The van der Waals surface area contributed by atoms with Gasteiger partial charge in [0.15, 0.2) is 0 Å². The molecule has 0 amide bonds. The fraction of sp³-hybridized carbons (Fsp3) is 0.217. The van der Waals surface area contributed by atoms with Crippen molar-refractivity contribution in [3.63, 3.8) is 0 Å². The quantitative estimate of drug-likeness (QED) is 0.451. The van der Waals surface area contributed by atoms with Crippen LogP contribution >= 0.6 is 0 Å². The lowest BCUT2D eigenvalue weighted by atomic mass is 10.2. The number of ether oxygens (including phenoxy) is 2. The smallest absolute Gasteiger partial charge is 0.328 e. The summed E-state index contributed by atoms with van der Waals surface area (Å²) in [7, 11) is 0. The van der Waals surface area contributed by atoms with E-state index >= 15 is 0 Å². The minimum absolute atomic E-state index is 0.234. The van der Waals surface area contributed by atoms with Crippen molar-refractivity contribution in [3.05, 3.63) is 72.6 Å². The molecule has 5 heteroatoms. The Morgan fingerprint density at radius 2 is 1.93 bits per heavy atom. The van der Waals surface area contributed by atoms with Gasteiger partial charge in [0.2, 0.25) is 0 Å². The van der Waals surface area contributed by atoms with Crippen molar-refractivity contribution >= 4 is 27.8 Å². The number of carbonyl (C=O) groups is 1. The second kappa shape index (κ2) is 7.72. The van der Waals surface area contributed by atoms with Crippen LogP contribution in [-0.2, 0) is 16.1 Å². The van der Waals surface area contributed by atoms with Crippen LogP contribution in [0.25, 0.3) is 21.8 Å². The Bertz CT molecular complexity index is 1130. The topological polar surface area (TPSA) is 53.4 Å². The van der Waals surface area contributed by atoms with Gasteiger partial charge in [-0.15, -0.1) is 0 Å². The summed E-state index contributed by atoms with van der Waals surface area (Å²) in [5.41, 5.74) is 2.81. The van der Waals surface area contributed by atoms with Crippen LogP contribution < -0.4 is 4.74 Å². The highest BCUT2D eigenvalue weighted by atomic mass is 16.5. The van der Waals surface area contributed by atoms with Gasteiger partial charge in [0, 0.05) is 22.5 Å². The maximum Gasteiger partial charge on any atom is 0.328 e. The molecule has 142 valence electrons. The first-order valence-electron chi connectivity index (χ1n) is 9.40. The molecule has 0 fully saturated rings. The van der Waals surface area contributed by atoms with Crippen molar-refractivity contribution in [1.29, 1.82) is 0 Å². The SMILES string of the molecule is CCOC(=O)C(C)n1ccc2cc(OCc3ccc4ccccc4n3)ccc21. The lowest BCUT2D eigenvalue weighted by molar-refractivity contribution is -0.146. The number of rotatable bonds is 6. The zero-order valence-electron chi connectivity index (χ0n) is 16.0. The molecule has 0 saturated carbocycles. The highest BCUT2D eigenvalue weighted by Gasteiger charge is 2.17. The van der Waals surface area contributed by atoms with E-state index in [9.17, 15) is 4.79 Å². The lowest BCUT2D eigenvalue weighted by Crippen LogP contribution is -2.18. The second-order valence-electron chi connectivity index (χ2n) is 6.66. The molecule has 2 heterocycles. The number of esters is 1. The van der Waals surface area contributed by atoms with Crippen molar-refractivity contribution < 1.29 is 14.3 Å². The standard InChI is InChI=1S/C23H22N2O3/c1-3-27-23(26)16(2)25-13-12-18-14-20(10-11-22(18)25)28-15-19-9-8-17-6-4-5-7-21(17)24-19/h4-14,16H,3,15H2,1-2H3. The fourth-order valence-corrected chi connectivity index (χ4v) is 3.29. The van der Waals surface area contributed by atoms with E-state index in [2.05, 4.69) is 11.1 Å². The Hall–Kier alpha value is -3.34. The summed E-state index contributed by atoms with van der Waals surface area (Å²) in [4.78, 5) is 16.7. The summed E-state index contributed by atoms with van der Waals surface area (Å²) < 4.78 is 13.0. The number of fused-ring (bicyclic) bond motifs is 2. The predicted octanol–water partition coefficient (Wildman–Crippen LogP) is 4.89. The third-order valence-electron chi connectivity index (χ3n) is 4.78. The molecule has 4 rings (SSSR count). The first-order valence-corrected chi connectivity index (χ1v) is 9.40. The van der Waals surface area contributed by atoms with Gasteiger partial charge in [-0.05, 0) is 50.2 Å². The molecule has 1 unspecified atom stereocenters. The van der Waals surface area contributed by atoms with E-state index in [1.54, 1.807) is 0 Å². The molecular formula is C23H22N2O3. The molecule has 5 nitrogen and oxygen atoms in total. The number of hydrogen-bond acceptors (Lipinski definition) is 4. The van der Waals surface area contributed by atoms with E-state index in [1.165, 1.54) is 0 Å². The largest absolute Gasteiger partial charge is 0.487 e.